The van der Waals surface area contributed by atoms with Crippen molar-refractivity contribution < 1.29 is 14.4 Å². The van der Waals surface area contributed by atoms with Crippen LogP contribution in [-0.2, 0) is 23.2 Å². The van der Waals surface area contributed by atoms with E-state index in [4.69, 9.17) is 11.6 Å². The summed E-state index contributed by atoms with van der Waals surface area (Å²) in [6.07, 6.45) is 3.53. The minimum atomic E-state index is -0.718. The number of aryl methyl sites for hydroxylation is 1. The fraction of sp³-hybridized carbons (Fsp3) is 0.294. The van der Waals surface area contributed by atoms with Gasteiger partial charge in [-0.05, 0) is 18.1 Å². The van der Waals surface area contributed by atoms with Crippen molar-refractivity contribution in [3.05, 3.63) is 47.2 Å². The van der Waals surface area contributed by atoms with Crippen molar-refractivity contribution in [2.24, 2.45) is 7.05 Å². The minimum Gasteiger partial charge on any atom is -0.326 e. The zero-order chi connectivity index (χ0) is 18.7. The Hall–Kier alpha value is -2.87. The predicted molar refractivity (Wildman–Crippen MR) is 95.4 cm³/mol. The molecule has 9 heteroatoms. The number of hydrogen-bond acceptors (Lipinski definition) is 4. The second-order valence-electron chi connectivity index (χ2n) is 6.01. The van der Waals surface area contributed by atoms with Crippen molar-refractivity contribution in [1.82, 2.24) is 20.0 Å². The summed E-state index contributed by atoms with van der Waals surface area (Å²) in [6, 6.07) is 5.84. The number of hydrogen-bond donors (Lipinski definition) is 2. The Balaban J connectivity index is 1.55. The Labute approximate surface area is 155 Å². The molecule has 1 saturated heterocycles. The Bertz CT molecular complexity index is 850. The number of nitrogens with zero attached hydrogens (tertiary/aromatic N) is 3. The molecule has 0 saturated carbocycles. The van der Waals surface area contributed by atoms with Crippen LogP contribution >= 0.6 is 11.6 Å². The van der Waals surface area contributed by atoms with E-state index < -0.39 is 12.1 Å². The lowest BCUT2D eigenvalue weighted by molar-refractivity contribution is -0.128. The SMILES string of the molecule is Cn1cc(NC(=O)CC[C@@H]2NC(=O)N(Cc3ccccc3Cl)C2=O)cn1. The molecule has 136 valence electrons. The lowest BCUT2D eigenvalue weighted by Gasteiger charge is -2.14. The van der Waals surface area contributed by atoms with Crippen LogP contribution in [0.15, 0.2) is 36.7 Å². The molecule has 1 aliphatic rings. The topological polar surface area (TPSA) is 96.3 Å². The number of carbonyl (C=O) groups is 3. The number of aromatic nitrogens is 2. The number of anilines is 1. The fourth-order valence-electron chi connectivity index (χ4n) is 2.70. The van der Waals surface area contributed by atoms with Crippen LogP contribution in [0.3, 0.4) is 0 Å². The number of halogens is 1. The maximum Gasteiger partial charge on any atom is 0.325 e. The average molecular weight is 376 g/mol. The summed E-state index contributed by atoms with van der Waals surface area (Å²) in [5, 5.41) is 9.76. The van der Waals surface area contributed by atoms with Crippen LogP contribution in [0, 0.1) is 0 Å². The van der Waals surface area contributed by atoms with E-state index in [2.05, 4.69) is 15.7 Å². The summed E-state index contributed by atoms with van der Waals surface area (Å²) >= 11 is 6.09. The number of imide groups is 1. The lowest BCUT2D eigenvalue weighted by Crippen LogP contribution is -2.31. The number of nitrogens with one attached hydrogen (secondary N) is 2. The average Bonchev–Trinajstić information content (AvgIpc) is 3.12. The summed E-state index contributed by atoms with van der Waals surface area (Å²) < 4.78 is 1.57. The van der Waals surface area contributed by atoms with Crippen LogP contribution in [0.25, 0.3) is 0 Å². The van der Waals surface area contributed by atoms with E-state index >= 15 is 0 Å². The smallest absolute Gasteiger partial charge is 0.325 e. The minimum absolute atomic E-state index is 0.0999. The van der Waals surface area contributed by atoms with Crippen molar-refractivity contribution in [3.63, 3.8) is 0 Å². The maximum absolute atomic E-state index is 12.5. The molecule has 1 fully saturated rings. The van der Waals surface area contributed by atoms with Gasteiger partial charge in [-0.1, -0.05) is 29.8 Å². The third-order valence-electron chi connectivity index (χ3n) is 4.04. The first-order valence-electron chi connectivity index (χ1n) is 8.08. The third-order valence-corrected chi connectivity index (χ3v) is 4.41. The van der Waals surface area contributed by atoms with Crippen molar-refractivity contribution in [1.29, 1.82) is 0 Å². The van der Waals surface area contributed by atoms with Crippen LogP contribution < -0.4 is 10.6 Å². The lowest BCUT2D eigenvalue weighted by atomic mass is 10.1. The summed E-state index contributed by atoms with van der Waals surface area (Å²) in [4.78, 5) is 37.6. The van der Waals surface area contributed by atoms with Gasteiger partial charge in [0.25, 0.3) is 5.91 Å². The van der Waals surface area contributed by atoms with Gasteiger partial charge in [0, 0.05) is 24.7 Å². The van der Waals surface area contributed by atoms with E-state index in [1.165, 1.54) is 6.20 Å². The molecule has 8 nitrogen and oxygen atoms in total. The molecule has 0 spiro atoms. The van der Waals surface area contributed by atoms with Crippen molar-refractivity contribution >= 4 is 35.1 Å². The van der Waals surface area contributed by atoms with E-state index in [0.29, 0.717) is 16.3 Å². The number of carbonyl (C=O) groups excluding carboxylic acids is 3. The van der Waals surface area contributed by atoms with E-state index in [-0.39, 0.29) is 31.2 Å². The Morgan fingerprint density at radius 2 is 2.12 bits per heavy atom. The molecule has 1 aromatic heterocycles. The molecule has 0 radical (unpaired) electrons. The maximum atomic E-state index is 12.5. The molecule has 1 aliphatic heterocycles. The van der Waals surface area contributed by atoms with Crippen LogP contribution in [0.1, 0.15) is 18.4 Å². The Morgan fingerprint density at radius 1 is 1.35 bits per heavy atom. The highest BCUT2D eigenvalue weighted by atomic mass is 35.5. The molecular formula is C17H18ClN5O3. The van der Waals surface area contributed by atoms with E-state index in [1.807, 2.05) is 0 Å². The third kappa shape index (κ3) is 4.02. The number of urea groups is 1. The summed E-state index contributed by atoms with van der Waals surface area (Å²) in [5.41, 5.74) is 1.27. The molecule has 1 aromatic carbocycles. The second-order valence-corrected chi connectivity index (χ2v) is 6.41. The first-order valence-corrected chi connectivity index (χ1v) is 8.45. The van der Waals surface area contributed by atoms with Gasteiger partial charge in [-0.15, -0.1) is 0 Å². The van der Waals surface area contributed by atoms with Crippen LogP contribution in [0.2, 0.25) is 5.02 Å². The molecule has 0 unspecified atom stereocenters. The molecule has 0 bridgehead atoms. The normalized spacial score (nSPS) is 16.7. The molecule has 0 aliphatic carbocycles. The highest BCUT2D eigenvalue weighted by Crippen LogP contribution is 2.20. The van der Waals surface area contributed by atoms with Gasteiger partial charge in [-0.3, -0.25) is 19.2 Å². The first kappa shape index (κ1) is 17.9. The van der Waals surface area contributed by atoms with Crippen LogP contribution in [0.5, 0.6) is 0 Å². The molecule has 2 N–H and O–H groups in total. The monoisotopic (exact) mass is 375 g/mol. The zero-order valence-corrected chi connectivity index (χ0v) is 14.9. The van der Waals surface area contributed by atoms with E-state index in [9.17, 15) is 14.4 Å². The van der Waals surface area contributed by atoms with Gasteiger partial charge < -0.3 is 10.6 Å². The molecule has 2 heterocycles. The summed E-state index contributed by atoms with van der Waals surface area (Å²) in [6.45, 7) is 0.0999. The van der Waals surface area contributed by atoms with Gasteiger partial charge in [0.1, 0.15) is 6.04 Å². The van der Waals surface area contributed by atoms with Crippen molar-refractivity contribution in [3.8, 4) is 0 Å². The van der Waals surface area contributed by atoms with Crippen LogP contribution in [-0.4, -0.2) is 38.6 Å². The second kappa shape index (κ2) is 7.57. The molecule has 3 rings (SSSR count). The van der Waals surface area contributed by atoms with Crippen molar-refractivity contribution in [2.45, 2.75) is 25.4 Å². The van der Waals surface area contributed by atoms with E-state index in [1.54, 1.807) is 42.2 Å². The Kier molecular flexibility index (Phi) is 5.22. The van der Waals surface area contributed by atoms with Gasteiger partial charge in [0.15, 0.2) is 0 Å². The molecular weight excluding hydrogens is 358 g/mol. The van der Waals surface area contributed by atoms with Gasteiger partial charge in [-0.25, -0.2) is 4.79 Å². The largest absolute Gasteiger partial charge is 0.326 e. The number of benzene rings is 1. The Morgan fingerprint density at radius 3 is 2.81 bits per heavy atom. The first-order chi connectivity index (χ1) is 12.4. The van der Waals surface area contributed by atoms with Gasteiger partial charge >= 0.3 is 6.03 Å². The van der Waals surface area contributed by atoms with Crippen LogP contribution in [0.4, 0.5) is 10.5 Å². The predicted octanol–water partition coefficient (Wildman–Crippen LogP) is 1.91. The molecule has 4 amide bonds. The summed E-state index contributed by atoms with van der Waals surface area (Å²) in [5.74, 6) is -0.603. The molecule has 2 aromatic rings. The number of amides is 4. The summed E-state index contributed by atoms with van der Waals surface area (Å²) in [7, 11) is 1.75. The highest BCUT2D eigenvalue weighted by molar-refractivity contribution is 6.31. The quantitative estimate of drug-likeness (QED) is 0.754. The standard InChI is InChI=1S/C17H18ClN5O3/c1-22-10-12(8-19-22)20-15(24)7-6-14-16(25)23(17(26)21-14)9-11-4-2-3-5-13(11)18/h2-5,8,10,14H,6-7,9H2,1H3,(H,20,24)(H,21,26)/t14-/m0/s1. The fourth-order valence-corrected chi connectivity index (χ4v) is 2.90. The number of rotatable bonds is 6. The van der Waals surface area contributed by atoms with Gasteiger partial charge in [0.05, 0.1) is 18.4 Å². The van der Waals surface area contributed by atoms with Gasteiger partial charge in [-0.2, -0.15) is 5.10 Å². The highest BCUT2D eigenvalue weighted by Gasteiger charge is 2.38. The molecule has 26 heavy (non-hydrogen) atoms. The molecule has 1 atom stereocenters. The van der Waals surface area contributed by atoms with Gasteiger partial charge in [0.2, 0.25) is 5.91 Å². The van der Waals surface area contributed by atoms with Crippen molar-refractivity contribution in [2.75, 3.05) is 5.32 Å². The van der Waals surface area contributed by atoms with E-state index in [0.717, 1.165) is 4.90 Å². The zero-order valence-electron chi connectivity index (χ0n) is 14.1.